The lowest BCUT2D eigenvalue weighted by molar-refractivity contribution is 0.103. The molecule has 1 atom stereocenters. The zero-order chi connectivity index (χ0) is 8.65. The van der Waals surface area contributed by atoms with Gasteiger partial charge in [-0.05, 0) is 38.3 Å². The molecule has 72 valence electrons. The second-order valence-corrected chi connectivity index (χ2v) is 3.30. The van der Waals surface area contributed by atoms with Crippen molar-refractivity contribution in [1.82, 2.24) is 5.32 Å². The first-order valence-corrected chi connectivity index (χ1v) is 4.78. The number of hydrogen-bond donors (Lipinski definition) is 1. The lowest BCUT2D eigenvalue weighted by Gasteiger charge is -2.22. The van der Waals surface area contributed by atoms with E-state index in [0.717, 1.165) is 32.0 Å². The van der Waals surface area contributed by atoms with Gasteiger partial charge in [0.1, 0.15) is 6.67 Å². The second-order valence-electron chi connectivity index (χ2n) is 3.30. The van der Waals surface area contributed by atoms with Gasteiger partial charge in [-0.3, -0.25) is 0 Å². The molecule has 0 aromatic carbocycles. The van der Waals surface area contributed by atoms with E-state index in [1.54, 1.807) is 0 Å². The lowest BCUT2D eigenvalue weighted by atomic mass is 9.97. The Morgan fingerprint density at radius 1 is 1.42 bits per heavy atom. The van der Waals surface area contributed by atoms with E-state index in [9.17, 15) is 4.39 Å². The number of alkyl halides is 1. The standard InChI is InChI=1S/C9H18FNO/c10-4-7-12-6-3-9-2-1-5-11-8-9/h9,11H,1-8H2/t9-/m1/s1. The van der Waals surface area contributed by atoms with Gasteiger partial charge in [0.05, 0.1) is 6.61 Å². The van der Waals surface area contributed by atoms with Crippen molar-refractivity contribution in [2.75, 3.05) is 33.0 Å². The molecule has 1 fully saturated rings. The third-order valence-electron chi connectivity index (χ3n) is 2.29. The molecule has 0 amide bonds. The minimum absolute atomic E-state index is 0.264. The molecule has 0 unspecified atom stereocenters. The monoisotopic (exact) mass is 175 g/mol. The summed E-state index contributed by atoms with van der Waals surface area (Å²) in [5.74, 6) is 0.748. The third-order valence-corrected chi connectivity index (χ3v) is 2.29. The van der Waals surface area contributed by atoms with Crippen LogP contribution in [0.1, 0.15) is 19.3 Å². The molecule has 0 spiro atoms. The number of ether oxygens (including phenoxy) is 1. The van der Waals surface area contributed by atoms with Gasteiger partial charge in [-0.25, -0.2) is 4.39 Å². The van der Waals surface area contributed by atoms with Crippen molar-refractivity contribution in [3.05, 3.63) is 0 Å². The van der Waals surface area contributed by atoms with Crippen LogP contribution in [0, 0.1) is 5.92 Å². The van der Waals surface area contributed by atoms with Crippen LogP contribution >= 0.6 is 0 Å². The van der Waals surface area contributed by atoms with Gasteiger partial charge < -0.3 is 10.1 Å². The summed E-state index contributed by atoms with van der Waals surface area (Å²) < 4.78 is 16.7. The zero-order valence-electron chi connectivity index (χ0n) is 7.52. The number of piperidine rings is 1. The molecule has 0 radical (unpaired) electrons. The molecule has 2 nitrogen and oxygen atoms in total. The Morgan fingerprint density at radius 2 is 2.33 bits per heavy atom. The highest BCUT2D eigenvalue weighted by atomic mass is 19.1. The van der Waals surface area contributed by atoms with Crippen LogP contribution < -0.4 is 5.32 Å². The topological polar surface area (TPSA) is 21.3 Å². The van der Waals surface area contributed by atoms with E-state index in [1.165, 1.54) is 12.8 Å². The van der Waals surface area contributed by atoms with E-state index in [0.29, 0.717) is 0 Å². The maximum absolute atomic E-state index is 11.6. The van der Waals surface area contributed by atoms with Crippen LogP contribution in [0.2, 0.25) is 0 Å². The summed E-state index contributed by atoms with van der Waals surface area (Å²) in [6.45, 7) is 2.89. The van der Waals surface area contributed by atoms with Gasteiger partial charge in [-0.15, -0.1) is 0 Å². The molecule has 1 heterocycles. The number of rotatable bonds is 5. The first-order valence-electron chi connectivity index (χ1n) is 4.78. The molecule has 0 aliphatic carbocycles. The van der Waals surface area contributed by atoms with Crippen molar-refractivity contribution in [2.45, 2.75) is 19.3 Å². The fourth-order valence-corrected chi connectivity index (χ4v) is 1.58. The highest BCUT2D eigenvalue weighted by molar-refractivity contribution is 4.68. The van der Waals surface area contributed by atoms with Gasteiger partial charge >= 0.3 is 0 Å². The fourth-order valence-electron chi connectivity index (χ4n) is 1.58. The van der Waals surface area contributed by atoms with Crippen LogP contribution in [0.5, 0.6) is 0 Å². The van der Waals surface area contributed by atoms with E-state index >= 15 is 0 Å². The van der Waals surface area contributed by atoms with Crippen LogP contribution in [0.25, 0.3) is 0 Å². The SMILES string of the molecule is FCCOCC[C@H]1CCCNC1. The van der Waals surface area contributed by atoms with Gasteiger partial charge in [0.2, 0.25) is 0 Å². The Labute approximate surface area is 73.5 Å². The molecule has 12 heavy (non-hydrogen) atoms. The van der Waals surface area contributed by atoms with Crippen molar-refractivity contribution in [3.8, 4) is 0 Å². The summed E-state index contributed by atoms with van der Waals surface area (Å²) in [6.07, 6.45) is 3.65. The maximum atomic E-state index is 11.6. The summed E-state index contributed by atoms with van der Waals surface area (Å²) in [5, 5.41) is 3.35. The predicted molar refractivity (Wildman–Crippen MR) is 47.0 cm³/mol. The smallest absolute Gasteiger partial charge is 0.113 e. The molecule has 1 aliphatic rings. The van der Waals surface area contributed by atoms with Crippen molar-refractivity contribution in [3.63, 3.8) is 0 Å². The van der Waals surface area contributed by atoms with Gasteiger partial charge in [0.25, 0.3) is 0 Å². The number of hydrogen-bond acceptors (Lipinski definition) is 2. The Bertz CT molecular complexity index is 105. The summed E-state index contributed by atoms with van der Waals surface area (Å²) in [7, 11) is 0. The molecule has 0 aromatic heterocycles. The fraction of sp³-hybridized carbons (Fsp3) is 1.00. The Kier molecular flexibility index (Phi) is 5.28. The minimum atomic E-state index is -0.358. The second kappa shape index (κ2) is 6.38. The Morgan fingerprint density at radius 3 is 3.00 bits per heavy atom. The van der Waals surface area contributed by atoms with E-state index in [4.69, 9.17) is 4.74 Å². The first-order chi connectivity index (χ1) is 5.93. The van der Waals surface area contributed by atoms with Crippen molar-refractivity contribution in [1.29, 1.82) is 0 Å². The summed E-state index contributed by atoms with van der Waals surface area (Å²) in [5.41, 5.74) is 0. The number of halogens is 1. The molecular formula is C9H18FNO. The Hall–Kier alpha value is -0.150. The van der Waals surface area contributed by atoms with E-state index in [1.807, 2.05) is 0 Å². The molecule has 0 saturated carbocycles. The first kappa shape index (κ1) is 9.93. The van der Waals surface area contributed by atoms with Crippen molar-refractivity contribution in [2.24, 2.45) is 5.92 Å². The van der Waals surface area contributed by atoms with Crippen LogP contribution in [0.3, 0.4) is 0 Å². The average Bonchev–Trinajstić information content (AvgIpc) is 2.14. The third kappa shape index (κ3) is 4.02. The summed E-state index contributed by atoms with van der Waals surface area (Å²) in [6, 6.07) is 0. The van der Waals surface area contributed by atoms with Crippen LogP contribution in [-0.4, -0.2) is 33.0 Å². The normalized spacial score (nSPS) is 24.2. The molecule has 1 aliphatic heterocycles. The van der Waals surface area contributed by atoms with Crippen LogP contribution in [0.4, 0.5) is 4.39 Å². The quantitative estimate of drug-likeness (QED) is 0.637. The van der Waals surface area contributed by atoms with E-state index < -0.39 is 0 Å². The molecule has 0 bridgehead atoms. The number of nitrogens with one attached hydrogen (secondary N) is 1. The van der Waals surface area contributed by atoms with Crippen LogP contribution in [-0.2, 0) is 4.74 Å². The average molecular weight is 175 g/mol. The summed E-state index contributed by atoms with van der Waals surface area (Å²) >= 11 is 0. The highest BCUT2D eigenvalue weighted by Crippen LogP contribution is 2.13. The molecular weight excluding hydrogens is 157 g/mol. The largest absolute Gasteiger partial charge is 0.379 e. The summed E-state index contributed by atoms with van der Waals surface area (Å²) in [4.78, 5) is 0. The molecule has 1 N–H and O–H groups in total. The van der Waals surface area contributed by atoms with Gasteiger partial charge in [-0.2, -0.15) is 0 Å². The minimum Gasteiger partial charge on any atom is -0.379 e. The lowest BCUT2D eigenvalue weighted by Crippen LogP contribution is -2.30. The molecule has 1 saturated heterocycles. The van der Waals surface area contributed by atoms with Gasteiger partial charge in [-0.1, -0.05) is 0 Å². The molecule has 1 rings (SSSR count). The molecule has 0 aromatic rings. The van der Waals surface area contributed by atoms with Crippen LogP contribution in [0.15, 0.2) is 0 Å². The Balaban J connectivity index is 1.91. The van der Waals surface area contributed by atoms with Gasteiger partial charge in [0, 0.05) is 6.61 Å². The van der Waals surface area contributed by atoms with Gasteiger partial charge in [0.15, 0.2) is 0 Å². The van der Waals surface area contributed by atoms with Crippen molar-refractivity contribution >= 4 is 0 Å². The van der Waals surface area contributed by atoms with Crippen molar-refractivity contribution < 1.29 is 9.13 Å². The van der Waals surface area contributed by atoms with E-state index in [2.05, 4.69) is 5.32 Å². The predicted octanol–water partition coefficient (Wildman–Crippen LogP) is 1.36. The highest BCUT2D eigenvalue weighted by Gasteiger charge is 2.11. The zero-order valence-corrected chi connectivity index (χ0v) is 7.52. The molecule has 3 heteroatoms. The maximum Gasteiger partial charge on any atom is 0.113 e. The van der Waals surface area contributed by atoms with E-state index in [-0.39, 0.29) is 13.3 Å².